The fourth-order valence-corrected chi connectivity index (χ4v) is 6.20. The van der Waals surface area contributed by atoms with Crippen molar-refractivity contribution in [3.05, 3.63) is 68.3 Å². The molecule has 1 unspecified atom stereocenters. The molecule has 8 heteroatoms. The summed E-state index contributed by atoms with van der Waals surface area (Å²) in [6.07, 6.45) is 6.74. The van der Waals surface area contributed by atoms with E-state index in [1.807, 2.05) is 12.1 Å². The number of piperidine rings is 1. The van der Waals surface area contributed by atoms with E-state index in [9.17, 15) is 9.18 Å². The number of aryl methyl sites for hydroxylation is 1. The van der Waals surface area contributed by atoms with E-state index in [1.54, 1.807) is 6.07 Å². The molecule has 198 valence electrons. The fourth-order valence-electron chi connectivity index (χ4n) is 5.94. The highest BCUT2D eigenvalue weighted by Gasteiger charge is 2.27. The van der Waals surface area contributed by atoms with Crippen molar-refractivity contribution in [2.24, 2.45) is 11.8 Å². The van der Waals surface area contributed by atoms with Gasteiger partial charge < -0.3 is 18.9 Å². The summed E-state index contributed by atoms with van der Waals surface area (Å²) in [5.41, 5.74) is 3.00. The number of fused-ring (bicyclic) bond motifs is 3. The minimum Gasteiger partial charge on any atom is -0.492 e. The number of unbranched alkanes of at least 4 members (excludes halogenated alkanes) is 1. The molecular formula is C29H34ClFN2O4. The average molecular weight is 529 g/mol. The molecule has 2 heterocycles. The second-order valence-corrected chi connectivity index (χ2v) is 10.7. The van der Waals surface area contributed by atoms with Gasteiger partial charge >= 0.3 is 5.63 Å². The molecular weight excluding hydrogens is 495 g/mol. The van der Waals surface area contributed by atoms with Crippen LogP contribution in [0.2, 0.25) is 5.02 Å². The van der Waals surface area contributed by atoms with Crippen LogP contribution in [0.4, 0.5) is 4.39 Å². The Morgan fingerprint density at radius 1 is 1.14 bits per heavy atom. The van der Waals surface area contributed by atoms with Crippen LogP contribution in [0.15, 0.2) is 39.5 Å². The zero-order valence-electron chi connectivity index (χ0n) is 21.2. The molecule has 5 rings (SSSR count). The molecule has 2 aromatic carbocycles. The zero-order chi connectivity index (χ0) is 25.9. The Labute approximate surface area is 221 Å². The van der Waals surface area contributed by atoms with Gasteiger partial charge in [0.25, 0.3) is 0 Å². The first-order valence-electron chi connectivity index (χ1n) is 13.2. The van der Waals surface area contributed by atoms with Crippen molar-refractivity contribution >= 4 is 22.6 Å². The van der Waals surface area contributed by atoms with E-state index in [2.05, 4.69) is 11.8 Å². The molecule has 1 fully saturated rings. The van der Waals surface area contributed by atoms with E-state index >= 15 is 0 Å². The predicted molar refractivity (Wildman–Crippen MR) is 143 cm³/mol. The molecule has 0 saturated carbocycles. The van der Waals surface area contributed by atoms with Crippen molar-refractivity contribution < 1.29 is 18.4 Å². The molecule has 6 nitrogen and oxygen atoms in total. The van der Waals surface area contributed by atoms with Crippen molar-refractivity contribution in [2.45, 2.75) is 57.8 Å². The van der Waals surface area contributed by atoms with Gasteiger partial charge in [0, 0.05) is 22.6 Å². The molecule has 1 aliphatic carbocycles. The molecule has 1 atom stereocenters. The summed E-state index contributed by atoms with van der Waals surface area (Å²) in [5, 5.41) is 1.30. The Morgan fingerprint density at radius 3 is 2.70 bits per heavy atom. The summed E-state index contributed by atoms with van der Waals surface area (Å²) in [5.74, 6) is 6.79. The maximum absolute atomic E-state index is 13.5. The third-order valence-corrected chi connectivity index (χ3v) is 8.46. The summed E-state index contributed by atoms with van der Waals surface area (Å²) in [6.45, 7) is 5.82. The van der Waals surface area contributed by atoms with E-state index in [4.69, 9.17) is 31.5 Å². The topological polar surface area (TPSA) is 77.9 Å². The van der Waals surface area contributed by atoms with Gasteiger partial charge in [0.2, 0.25) is 0 Å². The number of nitrogens with zero attached hydrogens (tertiary/aromatic N) is 1. The summed E-state index contributed by atoms with van der Waals surface area (Å²) in [7, 11) is 0. The van der Waals surface area contributed by atoms with E-state index in [-0.39, 0.29) is 17.4 Å². The second kappa shape index (κ2) is 11.4. The minimum absolute atomic E-state index is 0.256. The summed E-state index contributed by atoms with van der Waals surface area (Å²) in [4.78, 5) is 19.7. The number of halogens is 2. The lowest BCUT2D eigenvalue weighted by Gasteiger charge is -2.35. The quantitative estimate of drug-likeness (QED) is 0.208. The van der Waals surface area contributed by atoms with Gasteiger partial charge in [-0.1, -0.05) is 24.6 Å². The van der Waals surface area contributed by atoms with Gasteiger partial charge in [-0.2, -0.15) is 5.90 Å². The normalized spacial score (nSPS) is 17.2. The monoisotopic (exact) mass is 528 g/mol. The molecule has 1 saturated heterocycles. The third-order valence-electron chi connectivity index (χ3n) is 8.10. The molecule has 0 bridgehead atoms. The molecule has 2 N–H and O–H groups in total. The molecule has 1 aliphatic heterocycles. The van der Waals surface area contributed by atoms with Crippen molar-refractivity contribution in [2.75, 3.05) is 26.2 Å². The molecule has 0 radical (unpaired) electrons. The lowest BCUT2D eigenvalue weighted by atomic mass is 9.81. The lowest BCUT2D eigenvalue weighted by Crippen LogP contribution is -2.36. The molecule has 3 aromatic rings. The predicted octanol–water partition coefficient (Wildman–Crippen LogP) is 6.00. The van der Waals surface area contributed by atoms with E-state index in [1.165, 1.54) is 12.1 Å². The number of rotatable bonds is 9. The number of hydrogen-bond acceptors (Lipinski definition) is 6. The van der Waals surface area contributed by atoms with Crippen LogP contribution in [-0.4, -0.2) is 31.1 Å². The van der Waals surface area contributed by atoms with Crippen LogP contribution in [0.1, 0.15) is 61.6 Å². The van der Waals surface area contributed by atoms with E-state index in [0.29, 0.717) is 34.6 Å². The van der Waals surface area contributed by atoms with Gasteiger partial charge in [0.1, 0.15) is 16.6 Å². The third kappa shape index (κ3) is 5.49. The van der Waals surface area contributed by atoms with Crippen LogP contribution in [0, 0.1) is 11.7 Å². The maximum Gasteiger partial charge on any atom is 0.339 e. The van der Waals surface area contributed by atoms with Crippen molar-refractivity contribution in [1.29, 1.82) is 0 Å². The zero-order valence-corrected chi connectivity index (χ0v) is 22.0. The first kappa shape index (κ1) is 26.0. The highest BCUT2D eigenvalue weighted by Crippen LogP contribution is 2.38. The standard InChI is InChI=1S/C29H34ClFN2O4/c1-18(21-8-7-20(31)17-26(21)37-32)19-11-14-33(15-12-19)13-2-3-16-35-25-10-9-23-22-5-4-6-24(22)29(34)36-28(23)27(25)30/h7-10,17-19H,2-6,11-16,32H2,1H3. The highest BCUT2D eigenvalue weighted by atomic mass is 35.5. The van der Waals surface area contributed by atoms with Crippen LogP contribution in [0.3, 0.4) is 0 Å². The van der Waals surface area contributed by atoms with Gasteiger partial charge in [0.05, 0.1) is 6.61 Å². The molecule has 0 spiro atoms. The van der Waals surface area contributed by atoms with Gasteiger partial charge in [-0.25, -0.2) is 9.18 Å². The van der Waals surface area contributed by atoms with Gasteiger partial charge in [-0.3, -0.25) is 0 Å². The molecule has 37 heavy (non-hydrogen) atoms. The van der Waals surface area contributed by atoms with Crippen LogP contribution >= 0.6 is 11.6 Å². The van der Waals surface area contributed by atoms with Crippen LogP contribution < -0.4 is 21.1 Å². The van der Waals surface area contributed by atoms with Crippen LogP contribution in [-0.2, 0) is 12.8 Å². The van der Waals surface area contributed by atoms with Gasteiger partial charge in [-0.05, 0) is 100 Å². The van der Waals surface area contributed by atoms with Crippen molar-refractivity contribution in [3.63, 3.8) is 0 Å². The van der Waals surface area contributed by atoms with Crippen LogP contribution in [0.25, 0.3) is 11.0 Å². The SMILES string of the molecule is CC(c1ccc(F)cc1ON)C1CCN(CCCCOc2ccc3c4c(c(=O)oc3c2Cl)CCC4)CC1. The van der Waals surface area contributed by atoms with E-state index < -0.39 is 0 Å². The lowest BCUT2D eigenvalue weighted by molar-refractivity contribution is 0.164. The Bertz CT molecular complexity index is 1320. The smallest absolute Gasteiger partial charge is 0.339 e. The summed E-state index contributed by atoms with van der Waals surface area (Å²) >= 11 is 6.56. The van der Waals surface area contributed by atoms with Crippen molar-refractivity contribution in [3.8, 4) is 11.5 Å². The maximum atomic E-state index is 13.5. The Hall–Kier alpha value is -2.61. The Kier molecular flexibility index (Phi) is 8.03. The highest BCUT2D eigenvalue weighted by molar-refractivity contribution is 6.36. The van der Waals surface area contributed by atoms with Gasteiger partial charge in [-0.15, -0.1) is 0 Å². The molecule has 2 aliphatic rings. The number of ether oxygens (including phenoxy) is 1. The van der Waals surface area contributed by atoms with E-state index in [0.717, 1.165) is 86.7 Å². The van der Waals surface area contributed by atoms with Gasteiger partial charge in [0.15, 0.2) is 11.3 Å². The average Bonchev–Trinajstić information content (AvgIpc) is 3.41. The first-order valence-corrected chi connectivity index (χ1v) is 13.6. The second-order valence-electron chi connectivity index (χ2n) is 10.3. The summed E-state index contributed by atoms with van der Waals surface area (Å²) < 4.78 is 25.0. The Balaban J connectivity index is 1.08. The summed E-state index contributed by atoms with van der Waals surface area (Å²) in [6, 6.07) is 8.46. The Morgan fingerprint density at radius 2 is 1.92 bits per heavy atom. The van der Waals surface area contributed by atoms with Crippen LogP contribution in [0.5, 0.6) is 11.5 Å². The number of hydrogen-bond donors (Lipinski definition) is 1. The fraction of sp³-hybridized carbons (Fsp3) is 0.483. The number of nitrogens with two attached hydrogens (primary N) is 1. The minimum atomic E-state index is -0.340. The van der Waals surface area contributed by atoms with Crippen molar-refractivity contribution in [1.82, 2.24) is 4.90 Å². The largest absolute Gasteiger partial charge is 0.492 e. The number of likely N-dealkylation sites (tertiary alicyclic amines) is 1. The number of benzene rings is 2. The first-order chi connectivity index (χ1) is 18.0. The molecule has 1 aromatic heterocycles. The molecule has 0 amide bonds.